The summed E-state index contributed by atoms with van der Waals surface area (Å²) in [6, 6.07) is 6.63. The molecule has 0 saturated carbocycles. The molecule has 0 amide bonds. The van der Waals surface area contributed by atoms with E-state index < -0.39 is 0 Å². The molecule has 0 atom stereocenters. The molecule has 0 spiro atoms. The van der Waals surface area contributed by atoms with Gasteiger partial charge in [0.2, 0.25) is 5.95 Å². The summed E-state index contributed by atoms with van der Waals surface area (Å²) in [7, 11) is 0. The molecule has 4 rings (SSSR count). The Balaban J connectivity index is 1.64. The Labute approximate surface area is 162 Å². The molecule has 3 aromatic rings. The number of nitrogens with zero attached hydrogens (tertiary/aromatic N) is 2. The van der Waals surface area contributed by atoms with Gasteiger partial charge in [0.1, 0.15) is 10.6 Å². The standard InChI is InChI=1S/C21H24FN3OS/c1-2-12-25-20(26)18-16-8-3-4-9-17(16)27-19(18)24-21(25)23-11-10-14-6-5-7-15(22)13-14/h5-7,13H,2-4,8-12H2,1H3,(H,23,24). The summed E-state index contributed by atoms with van der Waals surface area (Å²) < 4.78 is 15.1. The average molecular weight is 386 g/mol. The minimum Gasteiger partial charge on any atom is -0.355 e. The van der Waals surface area contributed by atoms with Gasteiger partial charge in [-0.3, -0.25) is 9.36 Å². The fourth-order valence-electron chi connectivity index (χ4n) is 3.82. The van der Waals surface area contributed by atoms with Crippen LogP contribution in [-0.2, 0) is 25.8 Å². The van der Waals surface area contributed by atoms with Gasteiger partial charge in [0.25, 0.3) is 5.56 Å². The summed E-state index contributed by atoms with van der Waals surface area (Å²) in [5.74, 6) is 0.406. The van der Waals surface area contributed by atoms with Crippen molar-refractivity contribution in [2.75, 3.05) is 11.9 Å². The Bertz CT molecular complexity index is 1020. The molecule has 0 fully saturated rings. The molecule has 1 aliphatic rings. The fraction of sp³-hybridized carbons (Fsp3) is 0.429. The van der Waals surface area contributed by atoms with Crippen LogP contribution in [0.4, 0.5) is 10.3 Å². The lowest BCUT2D eigenvalue weighted by molar-refractivity contribution is 0.625. The second-order valence-electron chi connectivity index (χ2n) is 7.09. The molecule has 0 bridgehead atoms. The monoisotopic (exact) mass is 385 g/mol. The lowest BCUT2D eigenvalue weighted by Gasteiger charge is -2.14. The molecule has 4 nitrogen and oxygen atoms in total. The minimum absolute atomic E-state index is 0.0782. The van der Waals surface area contributed by atoms with Crippen molar-refractivity contribution >= 4 is 27.5 Å². The van der Waals surface area contributed by atoms with E-state index in [0.29, 0.717) is 25.5 Å². The maximum absolute atomic E-state index is 13.3. The Morgan fingerprint density at radius 1 is 1.30 bits per heavy atom. The topological polar surface area (TPSA) is 46.9 Å². The number of nitrogens with one attached hydrogen (secondary N) is 1. The third kappa shape index (κ3) is 3.63. The number of aryl methyl sites for hydroxylation is 2. The zero-order chi connectivity index (χ0) is 18.8. The van der Waals surface area contributed by atoms with Crippen molar-refractivity contribution in [3.05, 3.63) is 56.4 Å². The Hall–Kier alpha value is -2.21. The zero-order valence-corrected chi connectivity index (χ0v) is 16.4. The molecule has 1 aromatic carbocycles. The van der Waals surface area contributed by atoms with Crippen molar-refractivity contribution in [3.8, 4) is 0 Å². The van der Waals surface area contributed by atoms with E-state index in [1.165, 1.54) is 22.9 Å². The molecule has 1 N–H and O–H groups in total. The number of rotatable bonds is 6. The zero-order valence-electron chi connectivity index (χ0n) is 15.6. The molecule has 142 valence electrons. The largest absolute Gasteiger partial charge is 0.355 e. The van der Waals surface area contributed by atoms with Crippen LogP contribution in [0.1, 0.15) is 42.2 Å². The highest BCUT2D eigenvalue weighted by atomic mass is 32.1. The minimum atomic E-state index is -0.223. The molecular weight excluding hydrogens is 361 g/mol. The van der Waals surface area contributed by atoms with Gasteiger partial charge in [-0.2, -0.15) is 0 Å². The van der Waals surface area contributed by atoms with Gasteiger partial charge in [0.05, 0.1) is 5.39 Å². The predicted octanol–water partition coefficient (Wildman–Crippen LogP) is 4.54. The maximum Gasteiger partial charge on any atom is 0.263 e. The van der Waals surface area contributed by atoms with E-state index >= 15 is 0 Å². The third-order valence-corrected chi connectivity index (χ3v) is 6.29. The van der Waals surface area contributed by atoms with E-state index in [2.05, 4.69) is 12.2 Å². The number of hydrogen-bond acceptors (Lipinski definition) is 4. The van der Waals surface area contributed by atoms with Gasteiger partial charge in [-0.25, -0.2) is 9.37 Å². The van der Waals surface area contributed by atoms with Crippen LogP contribution in [0.5, 0.6) is 0 Å². The number of halogens is 1. The highest BCUT2D eigenvalue weighted by Crippen LogP contribution is 2.34. The van der Waals surface area contributed by atoms with Crippen LogP contribution >= 0.6 is 11.3 Å². The van der Waals surface area contributed by atoms with E-state index in [1.54, 1.807) is 28.0 Å². The summed E-state index contributed by atoms with van der Waals surface area (Å²) in [6.07, 6.45) is 5.95. The van der Waals surface area contributed by atoms with Gasteiger partial charge in [-0.15, -0.1) is 11.3 Å². The Morgan fingerprint density at radius 2 is 2.15 bits per heavy atom. The molecule has 2 aromatic heterocycles. The number of aromatic nitrogens is 2. The SMILES string of the molecule is CCCn1c(NCCc2cccc(F)c2)nc2sc3c(c2c1=O)CCCC3. The second-order valence-corrected chi connectivity index (χ2v) is 8.17. The fourth-order valence-corrected chi connectivity index (χ4v) is 5.07. The first-order valence-electron chi connectivity index (χ1n) is 9.70. The van der Waals surface area contributed by atoms with Gasteiger partial charge in [0, 0.05) is 18.0 Å². The van der Waals surface area contributed by atoms with Gasteiger partial charge in [-0.1, -0.05) is 19.1 Å². The van der Waals surface area contributed by atoms with E-state index in [4.69, 9.17) is 4.98 Å². The molecule has 0 aliphatic heterocycles. The quantitative estimate of drug-likeness (QED) is 0.678. The smallest absolute Gasteiger partial charge is 0.263 e. The lowest BCUT2D eigenvalue weighted by Crippen LogP contribution is -2.26. The van der Waals surface area contributed by atoms with Crippen LogP contribution in [0.25, 0.3) is 10.2 Å². The summed E-state index contributed by atoms with van der Waals surface area (Å²) in [4.78, 5) is 20.2. The highest BCUT2D eigenvalue weighted by Gasteiger charge is 2.21. The van der Waals surface area contributed by atoms with Crippen molar-refractivity contribution in [3.63, 3.8) is 0 Å². The van der Waals surface area contributed by atoms with Gasteiger partial charge >= 0.3 is 0 Å². The van der Waals surface area contributed by atoms with Crippen molar-refractivity contribution < 1.29 is 4.39 Å². The Morgan fingerprint density at radius 3 is 2.96 bits per heavy atom. The van der Waals surface area contributed by atoms with Crippen LogP contribution in [0.2, 0.25) is 0 Å². The molecule has 0 unspecified atom stereocenters. The van der Waals surface area contributed by atoms with Crippen molar-refractivity contribution in [2.45, 2.75) is 52.0 Å². The predicted molar refractivity (Wildman–Crippen MR) is 109 cm³/mol. The molecule has 0 saturated heterocycles. The summed E-state index contributed by atoms with van der Waals surface area (Å²) >= 11 is 1.67. The maximum atomic E-state index is 13.3. The number of fused-ring (bicyclic) bond motifs is 3. The van der Waals surface area contributed by atoms with Crippen LogP contribution in [0, 0.1) is 5.82 Å². The number of benzene rings is 1. The third-order valence-electron chi connectivity index (χ3n) is 5.11. The van der Waals surface area contributed by atoms with Gasteiger partial charge in [0.15, 0.2) is 0 Å². The molecule has 1 aliphatic carbocycles. The molecule has 2 heterocycles. The van der Waals surface area contributed by atoms with E-state index in [0.717, 1.165) is 41.5 Å². The normalized spacial score (nSPS) is 13.7. The summed E-state index contributed by atoms with van der Waals surface area (Å²) in [5.41, 5.74) is 2.24. The number of thiophene rings is 1. The highest BCUT2D eigenvalue weighted by molar-refractivity contribution is 7.18. The second kappa shape index (κ2) is 7.80. The average Bonchev–Trinajstić information content (AvgIpc) is 3.03. The van der Waals surface area contributed by atoms with Gasteiger partial charge < -0.3 is 5.32 Å². The van der Waals surface area contributed by atoms with Crippen LogP contribution in [0.3, 0.4) is 0 Å². The first-order chi connectivity index (χ1) is 13.2. The Kier molecular flexibility index (Phi) is 5.25. The summed E-state index contributed by atoms with van der Waals surface area (Å²) in [5, 5.41) is 4.15. The molecule has 27 heavy (non-hydrogen) atoms. The van der Waals surface area contributed by atoms with Crippen molar-refractivity contribution in [1.82, 2.24) is 9.55 Å². The molecular formula is C21H24FN3OS. The van der Waals surface area contributed by atoms with E-state index in [9.17, 15) is 9.18 Å². The number of hydrogen-bond donors (Lipinski definition) is 1. The number of anilines is 1. The van der Waals surface area contributed by atoms with Crippen molar-refractivity contribution in [1.29, 1.82) is 0 Å². The first-order valence-corrected chi connectivity index (χ1v) is 10.5. The van der Waals surface area contributed by atoms with E-state index in [-0.39, 0.29) is 11.4 Å². The molecule has 6 heteroatoms. The van der Waals surface area contributed by atoms with E-state index in [1.807, 2.05) is 6.07 Å². The first kappa shape index (κ1) is 18.2. The van der Waals surface area contributed by atoms with Crippen LogP contribution < -0.4 is 10.9 Å². The van der Waals surface area contributed by atoms with Crippen LogP contribution in [0.15, 0.2) is 29.1 Å². The molecule has 0 radical (unpaired) electrons. The summed E-state index contributed by atoms with van der Waals surface area (Å²) in [6.45, 7) is 3.32. The lowest BCUT2D eigenvalue weighted by atomic mass is 9.97. The van der Waals surface area contributed by atoms with Gasteiger partial charge in [-0.05, 0) is 61.8 Å². The van der Waals surface area contributed by atoms with Crippen molar-refractivity contribution in [2.24, 2.45) is 0 Å². The van der Waals surface area contributed by atoms with Crippen LogP contribution in [-0.4, -0.2) is 16.1 Å².